The summed E-state index contributed by atoms with van der Waals surface area (Å²) in [5.41, 5.74) is 4.74. The van der Waals surface area contributed by atoms with Crippen LogP contribution >= 0.6 is 23.2 Å². The van der Waals surface area contributed by atoms with Gasteiger partial charge in [0.2, 0.25) is 0 Å². The van der Waals surface area contributed by atoms with E-state index >= 15 is 0 Å². The van der Waals surface area contributed by atoms with E-state index in [9.17, 15) is 5.26 Å². The predicted octanol–water partition coefficient (Wildman–Crippen LogP) is 6.82. The summed E-state index contributed by atoms with van der Waals surface area (Å²) in [5.74, 6) is 0.938. The Bertz CT molecular complexity index is 1290. The van der Waals surface area contributed by atoms with Crippen LogP contribution in [0.5, 0.6) is 5.75 Å². The van der Waals surface area contributed by atoms with Crippen molar-refractivity contribution in [3.05, 3.63) is 93.2 Å². The Hall–Kier alpha value is -3.26. The number of aromatic nitrogens is 2. The van der Waals surface area contributed by atoms with Crippen LogP contribution in [0.1, 0.15) is 22.5 Å². The van der Waals surface area contributed by atoms with Gasteiger partial charge in [0.25, 0.3) is 0 Å². The third-order valence-electron chi connectivity index (χ3n) is 4.58. The van der Waals surface area contributed by atoms with Gasteiger partial charge in [-0.05, 0) is 48.4 Å². The number of nitrogens with zero attached hydrogens (tertiary/aromatic N) is 2. The second kappa shape index (κ2) is 8.62. The number of imidazole rings is 1. The van der Waals surface area contributed by atoms with Gasteiger partial charge in [0.15, 0.2) is 0 Å². The van der Waals surface area contributed by atoms with Crippen molar-refractivity contribution in [2.45, 2.75) is 13.5 Å². The molecule has 1 aromatic heterocycles. The van der Waals surface area contributed by atoms with Gasteiger partial charge in [0.1, 0.15) is 24.3 Å². The van der Waals surface area contributed by atoms with E-state index in [1.807, 2.05) is 55.5 Å². The molecule has 6 heteroatoms. The van der Waals surface area contributed by atoms with Gasteiger partial charge < -0.3 is 9.72 Å². The number of aromatic amines is 1. The van der Waals surface area contributed by atoms with E-state index < -0.39 is 0 Å². The van der Waals surface area contributed by atoms with Crippen molar-refractivity contribution in [3.63, 3.8) is 0 Å². The van der Waals surface area contributed by atoms with Crippen molar-refractivity contribution >= 4 is 45.9 Å². The highest BCUT2D eigenvalue weighted by Gasteiger charge is 2.14. The lowest BCUT2D eigenvalue weighted by Gasteiger charge is -2.12. The number of H-pyrrole nitrogens is 1. The summed E-state index contributed by atoms with van der Waals surface area (Å²) < 4.78 is 5.99. The molecule has 0 radical (unpaired) electrons. The van der Waals surface area contributed by atoms with E-state index in [4.69, 9.17) is 27.9 Å². The number of nitrogens with one attached hydrogen (secondary N) is 1. The van der Waals surface area contributed by atoms with Gasteiger partial charge >= 0.3 is 0 Å². The molecule has 4 rings (SSSR count). The lowest BCUT2D eigenvalue weighted by atomic mass is 10.1. The molecule has 1 heterocycles. The second-order valence-electron chi connectivity index (χ2n) is 6.86. The van der Waals surface area contributed by atoms with Gasteiger partial charge in [0.05, 0.1) is 21.6 Å². The van der Waals surface area contributed by atoms with Crippen molar-refractivity contribution in [2.75, 3.05) is 0 Å². The summed E-state index contributed by atoms with van der Waals surface area (Å²) in [6.07, 6.45) is 1.68. The van der Waals surface area contributed by atoms with Crippen molar-refractivity contribution in [2.24, 2.45) is 0 Å². The smallest absolute Gasteiger partial charge is 0.149 e. The third kappa shape index (κ3) is 4.33. The van der Waals surface area contributed by atoms with Crippen molar-refractivity contribution in [1.29, 1.82) is 5.26 Å². The van der Waals surface area contributed by atoms with Crippen molar-refractivity contribution < 1.29 is 4.74 Å². The fourth-order valence-electron chi connectivity index (χ4n) is 3.13. The Morgan fingerprint density at radius 1 is 1.13 bits per heavy atom. The minimum atomic E-state index is 0.342. The van der Waals surface area contributed by atoms with E-state index in [1.54, 1.807) is 18.2 Å². The number of rotatable bonds is 5. The Morgan fingerprint density at radius 2 is 1.93 bits per heavy atom. The van der Waals surface area contributed by atoms with Crippen LogP contribution in [0.25, 0.3) is 22.7 Å². The highest BCUT2D eigenvalue weighted by molar-refractivity contribution is 6.36. The number of halogens is 2. The highest BCUT2D eigenvalue weighted by atomic mass is 35.5. The summed E-state index contributed by atoms with van der Waals surface area (Å²) in [5, 5.41) is 10.6. The molecular weight excluding hydrogens is 417 g/mol. The van der Waals surface area contributed by atoms with E-state index in [0.717, 1.165) is 22.2 Å². The highest BCUT2D eigenvalue weighted by Crippen LogP contribution is 2.35. The molecule has 0 aliphatic carbocycles. The monoisotopic (exact) mass is 433 g/mol. The van der Waals surface area contributed by atoms with Crippen LogP contribution < -0.4 is 4.74 Å². The minimum absolute atomic E-state index is 0.342. The van der Waals surface area contributed by atoms with Gasteiger partial charge in [0, 0.05) is 10.6 Å². The third-order valence-corrected chi connectivity index (χ3v) is 5.07. The van der Waals surface area contributed by atoms with E-state index in [0.29, 0.717) is 39.4 Å². The predicted molar refractivity (Wildman–Crippen MR) is 122 cm³/mol. The average molecular weight is 434 g/mol. The molecule has 0 amide bonds. The SMILES string of the molecule is Cc1ccc2nc(/C(C#N)=C/c3cc(Cl)cc(Cl)c3OCc3ccccc3)[nH]c2c1. The van der Waals surface area contributed by atoms with Gasteiger partial charge in [-0.3, -0.25) is 0 Å². The van der Waals surface area contributed by atoms with Crippen LogP contribution in [0.15, 0.2) is 60.7 Å². The molecule has 0 saturated heterocycles. The summed E-state index contributed by atoms with van der Waals surface area (Å²) in [4.78, 5) is 7.74. The topological polar surface area (TPSA) is 61.7 Å². The van der Waals surface area contributed by atoms with Crippen LogP contribution in [-0.2, 0) is 6.61 Å². The number of benzene rings is 3. The molecule has 0 saturated carbocycles. The fraction of sp³-hybridized carbons (Fsp3) is 0.0833. The molecule has 0 aliphatic heterocycles. The Morgan fingerprint density at radius 3 is 2.70 bits per heavy atom. The van der Waals surface area contributed by atoms with E-state index in [1.165, 1.54) is 0 Å². The fourth-order valence-corrected chi connectivity index (χ4v) is 3.69. The number of nitriles is 1. The zero-order chi connectivity index (χ0) is 21.1. The summed E-state index contributed by atoms with van der Waals surface area (Å²) in [7, 11) is 0. The van der Waals surface area contributed by atoms with Crippen LogP contribution in [0.3, 0.4) is 0 Å². The number of ether oxygens (including phenoxy) is 1. The van der Waals surface area contributed by atoms with Crippen molar-refractivity contribution in [3.8, 4) is 11.8 Å². The van der Waals surface area contributed by atoms with Gasteiger partial charge in [-0.1, -0.05) is 59.6 Å². The van der Waals surface area contributed by atoms with Gasteiger partial charge in [-0.2, -0.15) is 5.26 Å². The first-order chi connectivity index (χ1) is 14.5. The molecule has 4 nitrogen and oxygen atoms in total. The maximum Gasteiger partial charge on any atom is 0.149 e. The number of hydrogen-bond acceptors (Lipinski definition) is 3. The first kappa shape index (κ1) is 20.0. The van der Waals surface area contributed by atoms with Crippen LogP contribution in [0.4, 0.5) is 0 Å². The molecule has 0 spiro atoms. The summed E-state index contributed by atoms with van der Waals surface area (Å²) >= 11 is 12.6. The van der Waals surface area contributed by atoms with Crippen LogP contribution in [0.2, 0.25) is 10.0 Å². The molecule has 0 fully saturated rings. The maximum atomic E-state index is 9.77. The molecule has 0 bridgehead atoms. The Labute approximate surface area is 184 Å². The molecule has 1 N–H and O–H groups in total. The lowest BCUT2D eigenvalue weighted by molar-refractivity contribution is 0.306. The number of aryl methyl sites for hydroxylation is 1. The largest absolute Gasteiger partial charge is 0.487 e. The van der Waals surface area contributed by atoms with E-state index in [2.05, 4.69) is 16.0 Å². The summed E-state index contributed by atoms with van der Waals surface area (Å²) in [6, 6.07) is 21.2. The molecule has 148 valence electrons. The van der Waals surface area contributed by atoms with E-state index in [-0.39, 0.29) is 0 Å². The number of hydrogen-bond donors (Lipinski definition) is 1. The standard InChI is InChI=1S/C24H17Cl2N3O/c1-15-7-8-21-22(9-15)29-24(28-21)18(13-27)10-17-11-19(25)12-20(26)23(17)30-14-16-5-3-2-4-6-16/h2-12H,14H2,1H3,(H,28,29)/b18-10+. The number of allylic oxidation sites excluding steroid dienone is 1. The van der Waals surface area contributed by atoms with Crippen molar-refractivity contribution in [1.82, 2.24) is 9.97 Å². The first-order valence-electron chi connectivity index (χ1n) is 9.28. The molecular formula is C24H17Cl2N3O. The molecule has 0 atom stereocenters. The quantitative estimate of drug-likeness (QED) is 0.351. The Balaban J connectivity index is 1.73. The van der Waals surface area contributed by atoms with Crippen LogP contribution in [-0.4, -0.2) is 9.97 Å². The zero-order valence-electron chi connectivity index (χ0n) is 16.1. The molecule has 0 unspecified atom stereocenters. The summed E-state index contributed by atoms with van der Waals surface area (Å²) in [6.45, 7) is 2.35. The second-order valence-corrected chi connectivity index (χ2v) is 7.70. The minimum Gasteiger partial charge on any atom is -0.487 e. The molecule has 3 aromatic carbocycles. The lowest BCUT2D eigenvalue weighted by Crippen LogP contribution is -1.98. The molecule has 0 aliphatic rings. The first-order valence-corrected chi connectivity index (χ1v) is 10.0. The van der Waals surface area contributed by atoms with Gasteiger partial charge in [-0.15, -0.1) is 0 Å². The zero-order valence-corrected chi connectivity index (χ0v) is 17.6. The average Bonchev–Trinajstić information content (AvgIpc) is 3.14. The number of fused-ring (bicyclic) bond motifs is 1. The normalized spacial score (nSPS) is 11.5. The maximum absolute atomic E-state index is 9.77. The Kier molecular flexibility index (Phi) is 5.76. The molecule has 30 heavy (non-hydrogen) atoms. The molecule has 4 aromatic rings. The van der Waals surface area contributed by atoms with Gasteiger partial charge in [-0.25, -0.2) is 4.98 Å². The van der Waals surface area contributed by atoms with Crippen LogP contribution in [0, 0.1) is 18.3 Å².